The average Bonchev–Trinajstić information content (AvgIpc) is 2.71. The fourth-order valence-corrected chi connectivity index (χ4v) is 1.15. The molecular formula is C10H18N4O2. The third kappa shape index (κ3) is 4.00. The molecule has 1 atom stereocenters. The van der Waals surface area contributed by atoms with Crippen molar-refractivity contribution in [3.8, 4) is 0 Å². The van der Waals surface area contributed by atoms with Gasteiger partial charge in [-0.1, -0.05) is 6.92 Å². The summed E-state index contributed by atoms with van der Waals surface area (Å²) < 4.78 is 1.91. The van der Waals surface area contributed by atoms with Crippen molar-refractivity contribution in [3.63, 3.8) is 0 Å². The highest BCUT2D eigenvalue weighted by Gasteiger charge is 2.04. The van der Waals surface area contributed by atoms with E-state index in [1.165, 1.54) is 0 Å². The highest BCUT2D eigenvalue weighted by Crippen LogP contribution is 2.08. The van der Waals surface area contributed by atoms with Gasteiger partial charge < -0.3 is 5.73 Å². The third-order valence-electron chi connectivity index (χ3n) is 2.28. The van der Waals surface area contributed by atoms with Crippen molar-refractivity contribution < 1.29 is 9.63 Å². The molecule has 1 aromatic heterocycles. The summed E-state index contributed by atoms with van der Waals surface area (Å²) in [7, 11) is 0. The van der Waals surface area contributed by atoms with Crippen molar-refractivity contribution in [1.82, 2.24) is 15.3 Å². The van der Waals surface area contributed by atoms with Gasteiger partial charge >= 0.3 is 0 Å². The van der Waals surface area contributed by atoms with Gasteiger partial charge in [0, 0.05) is 12.2 Å². The van der Waals surface area contributed by atoms with Crippen LogP contribution in [0, 0.1) is 0 Å². The zero-order chi connectivity index (χ0) is 12.0. The number of hydrogen-bond donors (Lipinski definition) is 2. The zero-order valence-electron chi connectivity index (χ0n) is 9.64. The predicted molar refractivity (Wildman–Crippen MR) is 59.2 cm³/mol. The van der Waals surface area contributed by atoms with Crippen LogP contribution in [0.2, 0.25) is 0 Å². The molecule has 1 unspecified atom stereocenters. The molecule has 0 saturated heterocycles. The Morgan fingerprint density at radius 1 is 1.75 bits per heavy atom. The molecule has 0 aliphatic heterocycles. The molecule has 0 bridgehead atoms. The predicted octanol–water partition coefficient (Wildman–Crippen LogP) is 0.361. The highest BCUT2D eigenvalue weighted by molar-refractivity contribution is 5.74. The number of rotatable bonds is 7. The lowest BCUT2D eigenvalue weighted by Crippen LogP contribution is -2.24. The van der Waals surface area contributed by atoms with Gasteiger partial charge in [-0.3, -0.25) is 14.3 Å². The minimum Gasteiger partial charge on any atom is -0.368 e. The Morgan fingerprint density at radius 3 is 3.12 bits per heavy atom. The molecule has 16 heavy (non-hydrogen) atoms. The molecule has 90 valence electrons. The van der Waals surface area contributed by atoms with E-state index in [1.54, 1.807) is 0 Å². The first kappa shape index (κ1) is 12.7. The Morgan fingerprint density at radius 2 is 2.50 bits per heavy atom. The molecule has 0 aliphatic carbocycles. The fourth-order valence-electron chi connectivity index (χ4n) is 1.15. The molecule has 1 aromatic rings. The first-order chi connectivity index (χ1) is 7.63. The van der Waals surface area contributed by atoms with Crippen LogP contribution < -0.4 is 11.2 Å². The molecule has 6 nitrogen and oxygen atoms in total. The van der Waals surface area contributed by atoms with E-state index in [0.29, 0.717) is 12.6 Å². The van der Waals surface area contributed by atoms with Crippen LogP contribution in [-0.2, 0) is 16.2 Å². The van der Waals surface area contributed by atoms with E-state index < -0.39 is 5.91 Å². The lowest BCUT2D eigenvalue weighted by atomic mass is 10.3. The van der Waals surface area contributed by atoms with Crippen LogP contribution in [0.5, 0.6) is 0 Å². The second-order valence-corrected chi connectivity index (χ2v) is 3.62. The van der Waals surface area contributed by atoms with Crippen molar-refractivity contribution in [2.45, 2.75) is 32.9 Å². The number of nitrogens with one attached hydrogen (secondary N) is 1. The summed E-state index contributed by atoms with van der Waals surface area (Å²) in [6.45, 7) is 4.54. The number of aromatic nitrogens is 2. The van der Waals surface area contributed by atoms with Crippen LogP contribution in [0.15, 0.2) is 12.3 Å². The summed E-state index contributed by atoms with van der Waals surface area (Å²) in [6.07, 6.45) is 2.96. The van der Waals surface area contributed by atoms with Crippen molar-refractivity contribution in [2.75, 3.05) is 6.61 Å². The SMILES string of the molecule is CCC(C)n1ccc(CNOCC(N)=O)n1. The molecule has 1 heterocycles. The number of carbonyl (C=O) groups excluding carboxylic acids is 1. The summed E-state index contributed by atoms with van der Waals surface area (Å²) in [5.41, 5.74) is 8.40. The van der Waals surface area contributed by atoms with E-state index in [9.17, 15) is 4.79 Å². The van der Waals surface area contributed by atoms with Crippen LogP contribution in [0.4, 0.5) is 0 Å². The maximum absolute atomic E-state index is 10.4. The number of nitrogens with zero attached hydrogens (tertiary/aromatic N) is 2. The standard InChI is InChI=1S/C10H18N4O2/c1-3-8(2)14-5-4-9(13-14)6-12-16-7-10(11)15/h4-5,8,12H,3,6-7H2,1-2H3,(H2,11,15). The number of nitrogens with two attached hydrogens (primary N) is 1. The summed E-state index contributed by atoms with van der Waals surface area (Å²) in [4.78, 5) is 15.2. The number of amides is 1. The first-order valence-electron chi connectivity index (χ1n) is 5.30. The van der Waals surface area contributed by atoms with Gasteiger partial charge in [0.2, 0.25) is 5.91 Å². The smallest absolute Gasteiger partial charge is 0.245 e. The van der Waals surface area contributed by atoms with Gasteiger partial charge in [-0.25, -0.2) is 0 Å². The topological polar surface area (TPSA) is 82.2 Å². The second-order valence-electron chi connectivity index (χ2n) is 3.62. The van der Waals surface area contributed by atoms with E-state index in [0.717, 1.165) is 12.1 Å². The number of primary amides is 1. The Bertz CT molecular complexity index is 337. The van der Waals surface area contributed by atoms with Gasteiger partial charge in [-0.15, -0.1) is 0 Å². The van der Waals surface area contributed by atoms with E-state index in [4.69, 9.17) is 10.6 Å². The molecule has 0 aliphatic rings. The summed E-state index contributed by atoms with van der Waals surface area (Å²) in [6, 6.07) is 2.30. The monoisotopic (exact) mass is 226 g/mol. The van der Waals surface area contributed by atoms with Gasteiger partial charge in [0.1, 0.15) is 6.61 Å². The molecule has 1 amide bonds. The van der Waals surface area contributed by atoms with Gasteiger partial charge in [-0.2, -0.15) is 10.6 Å². The molecule has 6 heteroatoms. The Kier molecular flexibility index (Phi) is 4.94. The zero-order valence-corrected chi connectivity index (χ0v) is 9.64. The van der Waals surface area contributed by atoms with Crippen molar-refractivity contribution in [2.24, 2.45) is 5.73 Å². The minimum atomic E-state index is -0.502. The quantitative estimate of drug-likeness (QED) is 0.519. The minimum absolute atomic E-state index is 0.133. The van der Waals surface area contributed by atoms with E-state index in [1.807, 2.05) is 16.9 Å². The van der Waals surface area contributed by atoms with E-state index >= 15 is 0 Å². The van der Waals surface area contributed by atoms with E-state index in [2.05, 4.69) is 24.4 Å². The second kappa shape index (κ2) is 6.24. The van der Waals surface area contributed by atoms with Gasteiger partial charge in [0.05, 0.1) is 12.2 Å². The highest BCUT2D eigenvalue weighted by atomic mass is 16.6. The van der Waals surface area contributed by atoms with Crippen molar-refractivity contribution in [1.29, 1.82) is 0 Å². The van der Waals surface area contributed by atoms with E-state index in [-0.39, 0.29) is 6.61 Å². The molecule has 0 spiro atoms. The summed E-state index contributed by atoms with van der Waals surface area (Å²) in [5.74, 6) is -0.502. The normalized spacial score (nSPS) is 12.6. The van der Waals surface area contributed by atoms with Gasteiger partial charge in [0.25, 0.3) is 0 Å². The number of hydroxylamine groups is 1. The summed E-state index contributed by atoms with van der Waals surface area (Å²) in [5, 5.41) is 4.36. The van der Waals surface area contributed by atoms with Crippen LogP contribution in [0.3, 0.4) is 0 Å². The van der Waals surface area contributed by atoms with Gasteiger partial charge in [-0.05, 0) is 19.4 Å². The van der Waals surface area contributed by atoms with Gasteiger partial charge in [0.15, 0.2) is 0 Å². The van der Waals surface area contributed by atoms with Crippen LogP contribution in [-0.4, -0.2) is 22.3 Å². The van der Waals surface area contributed by atoms with Crippen LogP contribution in [0.1, 0.15) is 32.0 Å². The van der Waals surface area contributed by atoms with Crippen molar-refractivity contribution >= 4 is 5.91 Å². The maximum Gasteiger partial charge on any atom is 0.245 e. The average molecular weight is 226 g/mol. The van der Waals surface area contributed by atoms with Crippen molar-refractivity contribution in [3.05, 3.63) is 18.0 Å². The Labute approximate surface area is 94.7 Å². The maximum atomic E-state index is 10.4. The molecule has 0 saturated carbocycles. The Balaban J connectivity index is 2.32. The first-order valence-corrected chi connectivity index (χ1v) is 5.30. The van der Waals surface area contributed by atoms with Crippen LogP contribution in [0.25, 0.3) is 0 Å². The molecule has 3 N–H and O–H groups in total. The molecule has 1 rings (SSSR count). The number of carbonyl (C=O) groups is 1. The lowest BCUT2D eigenvalue weighted by Gasteiger charge is -2.08. The Hall–Kier alpha value is -1.40. The fraction of sp³-hybridized carbons (Fsp3) is 0.600. The molecule has 0 aromatic carbocycles. The number of hydrogen-bond acceptors (Lipinski definition) is 4. The molecule has 0 radical (unpaired) electrons. The molecule has 0 fully saturated rings. The lowest BCUT2D eigenvalue weighted by molar-refractivity contribution is -0.125. The third-order valence-corrected chi connectivity index (χ3v) is 2.28. The van der Waals surface area contributed by atoms with Crippen LogP contribution >= 0.6 is 0 Å². The summed E-state index contributed by atoms with van der Waals surface area (Å²) >= 11 is 0. The largest absolute Gasteiger partial charge is 0.368 e. The molecular weight excluding hydrogens is 208 g/mol.